The van der Waals surface area contributed by atoms with Crippen molar-refractivity contribution in [2.75, 3.05) is 6.61 Å². The number of aromatic hydroxyl groups is 2. The van der Waals surface area contributed by atoms with Gasteiger partial charge in [-0.1, -0.05) is 0 Å². The maximum Gasteiger partial charge on any atom is 0.115 e. The van der Waals surface area contributed by atoms with E-state index in [4.69, 9.17) is 20.4 Å². The molecule has 4 heteroatoms. The molecule has 1 aromatic carbocycles. The molecule has 4 N–H and O–H groups in total. The molecular formula is C9H14O4. The van der Waals surface area contributed by atoms with E-state index in [1.165, 1.54) is 31.2 Å². The molecule has 0 spiro atoms. The predicted molar refractivity (Wildman–Crippen MR) is 48.5 cm³/mol. The molecule has 0 aliphatic heterocycles. The summed E-state index contributed by atoms with van der Waals surface area (Å²) in [5.41, 5.74) is 0. The molecule has 0 aliphatic rings. The van der Waals surface area contributed by atoms with Gasteiger partial charge in [-0.3, -0.25) is 0 Å². The van der Waals surface area contributed by atoms with Gasteiger partial charge < -0.3 is 20.4 Å². The summed E-state index contributed by atoms with van der Waals surface area (Å²) < 4.78 is 0. The standard InChI is InChI=1S/C6H6O2.C3H8O2/c7-5-1-2-6(8)4-3-5;1-3(5)2-4/h1-4,7-8H;3-5H,2H2,1H3. The quantitative estimate of drug-likeness (QED) is 0.480. The van der Waals surface area contributed by atoms with E-state index >= 15 is 0 Å². The van der Waals surface area contributed by atoms with E-state index in [1.807, 2.05) is 0 Å². The fourth-order valence-electron chi connectivity index (χ4n) is 0.453. The third-order valence-corrected chi connectivity index (χ3v) is 1.11. The number of phenols is 2. The smallest absolute Gasteiger partial charge is 0.115 e. The number of phenolic OH excluding ortho intramolecular Hbond substituents is 2. The largest absolute Gasteiger partial charge is 0.508 e. The summed E-state index contributed by atoms with van der Waals surface area (Å²) in [5.74, 6) is 0.339. The molecule has 0 saturated carbocycles. The normalized spacial score (nSPS) is 11.3. The predicted octanol–water partition coefficient (Wildman–Crippen LogP) is 0.457. The summed E-state index contributed by atoms with van der Waals surface area (Å²) in [4.78, 5) is 0. The van der Waals surface area contributed by atoms with E-state index in [9.17, 15) is 0 Å². The van der Waals surface area contributed by atoms with Crippen LogP contribution in [0, 0.1) is 0 Å². The van der Waals surface area contributed by atoms with Crippen molar-refractivity contribution in [3.05, 3.63) is 24.3 Å². The lowest BCUT2D eigenvalue weighted by molar-refractivity contribution is 0.110. The molecule has 0 saturated heterocycles. The number of aliphatic hydroxyl groups is 2. The Labute approximate surface area is 76.7 Å². The second-order valence-electron chi connectivity index (χ2n) is 2.55. The maximum absolute atomic E-state index is 8.65. The van der Waals surface area contributed by atoms with E-state index in [0.717, 1.165) is 0 Å². The van der Waals surface area contributed by atoms with Crippen molar-refractivity contribution < 1.29 is 20.4 Å². The molecule has 0 amide bonds. The lowest BCUT2D eigenvalue weighted by Crippen LogP contribution is -2.03. The Hall–Kier alpha value is -1.26. The summed E-state index contributed by atoms with van der Waals surface area (Å²) >= 11 is 0. The lowest BCUT2D eigenvalue weighted by Gasteiger charge is -1.90. The Morgan fingerprint density at radius 2 is 1.31 bits per heavy atom. The minimum Gasteiger partial charge on any atom is -0.508 e. The van der Waals surface area contributed by atoms with Crippen LogP contribution in [0.25, 0.3) is 0 Å². The molecule has 0 heterocycles. The van der Waals surface area contributed by atoms with Gasteiger partial charge in [0, 0.05) is 0 Å². The summed E-state index contributed by atoms with van der Waals surface area (Å²) in [5, 5.41) is 33.3. The Morgan fingerprint density at radius 1 is 1.08 bits per heavy atom. The molecule has 1 atom stereocenters. The number of hydrogen-bond acceptors (Lipinski definition) is 4. The van der Waals surface area contributed by atoms with Gasteiger partial charge in [0.05, 0.1) is 12.7 Å². The van der Waals surface area contributed by atoms with Crippen molar-refractivity contribution in [1.82, 2.24) is 0 Å². The average molecular weight is 186 g/mol. The van der Waals surface area contributed by atoms with E-state index in [0.29, 0.717) is 0 Å². The molecule has 0 aliphatic carbocycles. The molecule has 4 nitrogen and oxygen atoms in total. The second kappa shape index (κ2) is 6.28. The second-order valence-corrected chi connectivity index (χ2v) is 2.55. The van der Waals surface area contributed by atoms with Crippen molar-refractivity contribution in [1.29, 1.82) is 0 Å². The van der Waals surface area contributed by atoms with Gasteiger partial charge in [-0.05, 0) is 31.2 Å². The zero-order chi connectivity index (χ0) is 10.3. The molecule has 1 aromatic rings. The minimum atomic E-state index is -0.560. The van der Waals surface area contributed by atoms with Crippen LogP contribution < -0.4 is 0 Å². The van der Waals surface area contributed by atoms with Gasteiger partial charge in [-0.25, -0.2) is 0 Å². The lowest BCUT2D eigenvalue weighted by atomic mass is 10.3. The zero-order valence-corrected chi connectivity index (χ0v) is 7.38. The Morgan fingerprint density at radius 3 is 1.46 bits per heavy atom. The monoisotopic (exact) mass is 186 g/mol. The van der Waals surface area contributed by atoms with Gasteiger partial charge in [0.1, 0.15) is 11.5 Å². The van der Waals surface area contributed by atoms with Crippen LogP contribution in [0.2, 0.25) is 0 Å². The highest BCUT2D eigenvalue weighted by Crippen LogP contribution is 2.13. The topological polar surface area (TPSA) is 80.9 Å². The SMILES string of the molecule is CC(O)CO.Oc1ccc(O)cc1. The number of rotatable bonds is 1. The minimum absolute atomic E-state index is 0.139. The van der Waals surface area contributed by atoms with Crippen LogP contribution in [-0.2, 0) is 0 Å². The third-order valence-electron chi connectivity index (χ3n) is 1.11. The van der Waals surface area contributed by atoms with Crippen LogP contribution in [0.3, 0.4) is 0 Å². The molecule has 0 fully saturated rings. The van der Waals surface area contributed by atoms with E-state index in [2.05, 4.69) is 0 Å². The van der Waals surface area contributed by atoms with Crippen molar-refractivity contribution in [3.63, 3.8) is 0 Å². The third kappa shape index (κ3) is 7.11. The first-order valence-corrected chi connectivity index (χ1v) is 3.83. The first-order valence-electron chi connectivity index (χ1n) is 3.83. The molecule has 0 aromatic heterocycles. The molecule has 1 rings (SSSR count). The van der Waals surface area contributed by atoms with Gasteiger partial charge in [-0.15, -0.1) is 0 Å². The highest BCUT2D eigenvalue weighted by molar-refractivity contribution is 5.28. The molecular weight excluding hydrogens is 172 g/mol. The molecule has 0 bridgehead atoms. The first-order chi connectivity index (χ1) is 6.06. The summed E-state index contributed by atoms with van der Waals surface area (Å²) in [6.07, 6.45) is -0.560. The van der Waals surface area contributed by atoms with Gasteiger partial charge in [0.25, 0.3) is 0 Å². The van der Waals surface area contributed by atoms with Gasteiger partial charge in [-0.2, -0.15) is 0 Å². The van der Waals surface area contributed by atoms with E-state index in [-0.39, 0.29) is 18.1 Å². The fraction of sp³-hybridized carbons (Fsp3) is 0.333. The van der Waals surface area contributed by atoms with Crippen molar-refractivity contribution in [3.8, 4) is 11.5 Å². The van der Waals surface area contributed by atoms with Gasteiger partial charge in [0.2, 0.25) is 0 Å². The van der Waals surface area contributed by atoms with E-state index < -0.39 is 6.10 Å². The number of aliphatic hydroxyl groups excluding tert-OH is 2. The van der Waals surface area contributed by atoms with Gasteiger partial charge in [0.15, 0.2) is 0 Å². The van der Waals surface area contributed by atoms with Crippen LogP contribution in [0.5, 0.6) is 11.5 Å². The van der Waals surface area contributed by atoms with Crippen molar-refractivity contribution in [2.24, 2.45) is 0 Å². The average Bonchev–Trinajstić information content (AvgIpc) is 2.11. The molecule has 0 radical (unpaired) electrons. The van der Waals surface area contributed by atoms with Crippen LogP contribution in [-0.4, -0.2) is 33.1 Å². The Kier molecular flexibility index (Phi) is 5.67. The fourth-order valence-corrected chi connectivity index (χ4v) is 0.453. The zero-order valence-electron chi connectivity index (χ0n) is 7.38. The van der Waals surface area contributed by atoms with Crippen LogP contribution in [0.4, 0.5) is 0 Å². The van der Waals surface area contributed by atoms with Crippen LogP contribution in [0.1, 0.15) is 6.92 Å². The molecule has 1 unspecified atom stereocenters. The Bertz CT molecular complexity index is 197. The maximum atomic E-state index is 8.65. The summed E-state index contributed by atoms with van der Waals surface area (Å²) in [7, 11) is 0. The van der Waals surface area contributed by atoms with Crippen molar-refractivity contribution >= 4 is 0 Å². The number of hydrogen-bond donors (Lipinski definition) is 4. The molecule has 13 heavy (non-hydrogen) atoms. The van der Waals surface area contributed by atoms with Gasteiger partial charge >= 0.3 is 0 Å². The Balaban J connectivity index is 0.000000252. The highest BCUT2D eigenvalue weighted by atomic mass is 16.3. The van der Waals surface area contributed by atoms with E-state index in [1.54, 1.807) is 0 Å². The number of benzene rings is 1. The highest BCUT2D eigenvalue weighted by Gasteiger charge is 1.84. The summed E-state index contributed by atoms with van der Waals surface area (Å²) in [6, 6.07) is 5.70. The van der Waals surface area contributed by atoms with Crippen LogP contribution >= 0.6 is 0 Å². The summed E-state index contributed by atoms with van der Waals surface area (Å²) in [6.45, 7) is 1.39. The van der Waals surface area contributed by atoms with Crippen LogP contribution in [0.15, 0.2) is 24.3 Å². The first kappa shape index (κ1) is 11.7. The van der Waals surface area contributed by atoms with Crippen molar-refractivity contribution in [2.45, 2.75) is 13.0 Å². The molecule has 74 valence electrons.